The first-order chi connectivity index (χ1) is 10.1. The molecule has 0 saturated heterocycles. The van der Waals surface area contributed by atoms with Gasteiger partial charge in [-0.1, -0.05) is 22.2 Å². The molecule has 0 atom stereocenters. The fraction of sp³-hybridized carbons (Fsp3) is 0.250. The molecular formula is C12H9ClN4O3S. The van der Waals surface area contributed by atoms with Gasteiger partial charge in [0.2, 0.25) is 0 Å². The van der Waals surface area contributed by atoms with Crippen LogP contribution in [0.1, 0.15) is 21.6 Å². The number of nitro groups is 1. The van der Waals surface area contributed by atoms with Crippen molar-refractivity contribution in [1.82, 2.24) is 14.5 Å². The number of carbonyl (C=O) groups excluding carboxylic acids is 1. The maximum Gasteiger partial charge on any atom is 0.270 e. The van der Waals surface area contributed by atoms with E-state index in [1.54, 1.807) is 11.0 Å². The van der Waals surface area contributed by atoms with Gasteiger partial charge in [-0.25, -0.2) is 0 Å². The Morgan fingerprint density at radius 1 is 1.48 bits per heavy atom. The van der Waals surface area contributed by atoms with Crippen LogP contribution in [0.3, 0.4) is 0 Å². The number of carbonyl (C=O) groups is 1. The first kappa shape index (κ1) is 13.9. The number of hydrogen-bond acceptors (Lipinski definition) is 6. The van der Waals surface area contributed by atoms with Gasteiger partial charge in [0.25, 0.3) is 11.6 Å². The van der Waals surface area contributed by atoms with Gasteiger partial charge in [0.05, 0.1) is 11.5 Å². The summed E-state index contributed by atoms with van der Waals surface area (Å²) in [5.41, 5.74) is 1.65. The van der Waals surface area contributed by atoms with Crippen LogP contribution in [0.5, 0.6) is 0 Å². The van der Waals surface area contributed by atoms with Crippen molar-refractivity contribution in [3.8, 4) is 0 Å². The van der Waals surface area contributed by atoms with E-state index in [0.29, 0.717) is 28.6 Å². The van der Waals surface area contributed by atoms with Gasteiger partial charge in [-0.3, -0.25) is 14.9 Å². The molecule has 1 aromatic carbocycles. The smallest absolute Gasteiger partial charge is 0.270 e. The molecule has 0 fully saturated rings. The van der Waals surface area contributed by atoms with Crippen LogP contribution in [0.4, 0.5) is 5.69 Å². The van der Waals surface area contributed by atoms with E-state index in [2.05, 4.69) is 9.59 Å². The largest absolute Gasteiger partial charge is 0.332 e. The van der Waals surface area contributed by atoms with Crippen molar-refractivity contribution in [1.29, 1.82) is 0 Å². The summed E-state index contributed by atoms with van der Waals surface area (Å²) in [5.74, 6) is -0.246. The molecule has 1 aromatic heterocycles. The second-order valence-electron chi connectivity index (χ2n) is 4.57. The molecule has 7 nitrogen and oxygen atoms in total. The zero-order valence-electron chi connectivity index (χ0n) is 10.7. The molecule has 1 amide bonds. The Bertz CT molecular complexity index is 733. The number of halogens is 1. The predicted octanol–water partition coefficient (Wildman–Crippen LogP) is 2.30. The Balaban J connectivity index is 1.89. The Labute approximate surface area is 128 Å². The lowest BCUT2D eigenvalue weighted by molar-refractivity contribution is -0.384. The number of fused-ring (bicyclic) bond motifs is 1. The van der Waals surface area contributed by atoms with Gasteiger partial charge in [0, 0.05) is 35.8 Å². The number of aromatic nitrogens is 2. The summed E-state index contributed by atoms with van der Waals surface area (Å²) >= 11 is 7.00. The van der Waals surface area contributed by atoms with Crippen molar-refractivity contribution in [2.24, 2.45) is 0 Å². The molecule has 3 rings (SSSR count). The van der Waals surface area contributed by atoms with Crippen LogP contribution < -0.4 is 0 Å². The van der Waals surface area contributed by atoms with Gasteiger partial charge in [-0.05, 0) is 12.0 Å². The van der Waals surface area contributed by atoms with Crippen molar-refractivity contribution in [3.63, 3.8) is 0 Å². The van der Waals surface area contributed by atoms with Crippen LogP contribution in [-0.4, -0.2) is 31.9 Å². The zero-order valence-corrected chi connectivity index (χ0v) is 12.2. The SMILES string of the molecule is O=C1c2cc([N+](=O)[O-])ccc2CCN1Cc1nnsc1Cl. The number of rotatable bonds is 3. The molecule has 0 radical (unpaired) electrons. The number of nitro benzene ring substituents is 1. The topological polar surface area (TPSA) is 89.2 Å². The highest BCUT2D eigenvalue weighted by Crippen LogP contribution is 2.26. The minimum atomic E-state index is -0.506. The van der Waals surface area contributed by atoms with Gasteiger partial charge in [0.15, 0.2) is 0 Å². The predicted molar refractivity (Wildman–Crippen MR) is 76.5 cm³/mol. The quantitative estimate of drug-likeness (QED) is 0.638. The minimum Gasteiger partial charge on any atom is -0.332 e. The third-order valence-electron chi connectivity index (χ3n) is 3.32. The van der Waals surface area contributed by atoms with Crippen molar-refractivity contribution < 1.29 is 9.72 Å². The van der Waals surface area contributed by atoms with E-state index in [9.17, 15) is 14.9 Å². The summed E-state index contributed by atoms with van der Waals surface area (Å²) in [4.78, 5) is 24.3. The maximum atomic E-state index is 12.4. The molecule has 0 spiro atoms. The van der Waals surface area contributed by atoms with Gasteiger partial charge in [-0.15, -0.1) is 5.10 Å². The summed E-state index contributed by atoms with van der Waals surface area (Å²) < 4.78 is 4.18. The van der Waals surface area contributed by atoms with Crippen LogP contribution in [0.2, 0.25) is 4.34 Å². The lowest BCUT2D eigenvalue weighted by Gasteiger charge is -2.27. The Morgan fingerprint density at radius 2 is 2.29 bits per heavy atom. The van der Waals surface area contributed by atoms with E-state index in [1.807, 2.05) is 0 Å². The lowest BCUT2D eigenvalue weighted by Crippen LogP contribution is -2.37. The third kappa shape index (κ3) is 2.59. The molecule has 108 valence electrons. The second-order valence-corrected chi connectivity index (χ2v) is 5.92. The highest BCUT2D eigenvalue weighted by Gasteiger charge is 2.27. The first-order valence-corrected chi connectivity index (χ1v) is 7.24. The van der Waals surface area contributed by atoms with E-state index in [4.69, 9.17) is 11.6 Å². The van der Waals surface area contributed by atoms with E-state index in [-0.39, 0.29) is 18.1 Å². The lowest BCUT2D eigenvalue weighted by atomic mass is 9.98. The third-order valence-corrected chi connectivity index (χ3v) is 4.31. The highest BCUT2D eigenvalue weighted by atomic mass is 35.5. The van der Waals surface area contributed by atoms with Crippen molar-refractivity contribution in [2.75, 3.05) is 6.54 Å². The van der Waals surface area contributed by atoms with Gasteiger partial charge in [0.1, 0.15) is 10.0 Å². The molecule has 2 aromatic rings. The van der Waals surface area contributed by atoms with Crippen molar-refractivity contribution in [3.05, 3.63) is 49.5 Å². The molecule has 21 heavy (non-hydrogen) atoms. The molecule has 0 bridgehead atoms. The fourth-order valence-corrected chi connectivity index (χ4v) is 2.86. The molecule has 1 aliphatic rings. The van der Waals surface area contributed by atoms with Gasteiger partial charge < -0.3 is 4.90 Å². The van der Waals surface area contributed by atoms with E-state index in [1.165, 1.54) is 12.1 Å². The van der Waals surface area contributed by atoms with Crippen LogP contribution in [0, 0.1) is 10.1 Å². The summed E-state index contributed by atoms with van der Waals surface area (Å²) in [5, 5.41) is 14.7. The monoisotopic (exact) mass is 324 g/mol. The molecule has 9 heteroatoms. The normalized spacial score (nSPS) is 14.1. The average molecular weight is 325 g/mol. The summed E-state index contributed by atoms with van der Waals surface area (Å²) in [6, 6.07) is 4.38. The molecule has 1 aliphatic heterocycles. The molecule has 2 heterocycles. The van der Waals surface area contributed by atoms with E-state index >= 15 is 0 Å². The fourth-order valence-electron chi connectivity index (χ4n) is 2.25. The molecule has 0 unspecified atom stereocenters. The second kappa shape index (κ2) is 5.38. The van der Waals surface area contributed by atoms with Crippen LogP contribution in [0.25, 0.3) is 0 Å². The van der Waals surface area contributed by atoms with Crippen molar-refractivity contribution in [2.45, 2.75) is 13.0 Å². The van der Waals surface area contributed by atoms with Crippen LogP contribution in [-0.2, 0) is 13.0 Å². The molecular weight excluding hydrogens is 316 g/mol. The van der Waals surface area contributed by atoms with Crippen LogP contribution in [0.15, 0.2) is 18.2 Å². The van der Waals surface area contributed by atoms with E-state index in [0.717, 1.165) is 17.1 Å². The molecule has 0 saturated carbocycles. The number of amides is 1. The Hall–Kier alpha value is -2.06. The van der Waals surface area contributed by atoms with Gasteiger partial charge >= 0.3 is 0 Å². The van der Waals surface area contributed by atoms with Crippen LogP contribution >= 0.6 is 23.1 Å². The Morgan fingerprint density at radius 3 is 2.95 bits per heavy atom. The number of benzene rings is 1. The number of hydrogen-bond donors (Lipinski definition) is 0. The average Bonchev–Trinajstić information content (AvgIpc) is 2.87. The summed E-state index contributed by atoms with van der Waals surface area (Å²) in [6.45, 7) is 0.786. The Kier molecular flexibility index (Phi) is 3.56. The first-order valence-electron chi connectivity index (χ1n) is 6.09. The number of non-ortho nitro benzene ring substituents is 1. The minimum absolute atomic E-state index is 0.0858. The van der Waals surface area contributed by atoms with Gasteiger partial charge in [-0.2, -0.15) is 0 Å². The standard InChI is InChI=1S/C12H9ClN4O3S/c13-11-10(14-15-21-11)6-16-4-3-7-1-2-8(17(19)20)5-9(7)12(16)18/h1-2,5H,3-4,6H2. The highest BCUT2D eigenvalue weighted by molar-refractivity contribution is 7.10. The number of nitrogens with zero attached hydrogens (tertiary/aromatic N) is 4. The summed E-state index contributed by atoms with van der Waals surface area (Å²) in [6.07, 6.45) is 0.647. The molecule has 0 aliphatic carbocycles. The summed E-state index contributed by atoms with van der Waals surface area (Å²) in [7, 11) is 0. The van der Waals surface area contributed by atoms with E-state index < -0.39 is 4.92 Å². The zero-order chi connectivity index (χ0) is 15.0. The maximum absolute atomic E-state index is 12.4. The van der Waals surface area contributed by atoms with Crippen molar-refractivity contribution >= 4 is 34.7 Å². The molecule has 0 N–H and O–H groups in total.